The van der Waals surface area contributed by atoms with Crippen molar-refractivity contribution in [1.82, 2.24) is 0 Å². The highest BCUT2D eigenvalue weighted by Crippen LogP contribution is 2.24. The molecule has 0 aromatic heterocycles. The Bertz CT molecular complexity index is 338. The molecule has 0 aliphatic rings. The Morgan fingerprint density at radius 3 is 2.67 bits per heavy atom. The molecule has 0 saturated heterocycles. The lowest BCUT2D eigenvalue weighted by atomic mass is 10.2. The van der Waals surface area contributed by atoms with Crippen molar-refractivity contribution in [3.8, 4) is 5.75 Å². The first-order valence-electron chi connectivity index (χ1n) is 4.68. The normalized spacial score (nSPS) is 11.9. The molecular weight excluding hydrogens is 216 g/mol. The number of rotatable bonds is 4. The fraction of sp³-hybridized carbons (Fsp3) is 0.364. The monoisotopic (exact) mass is 228 g/mol. The molecule has 1 rings (SSSR count). The Morgan fingerprint density at radius 1 is 1.47 bits per heavy atom. The third kappa shape index (κ3) is 3.13. The summed E-state index contributed by atoms with van der Waals surface area (Å²) in [7, 11) is 1.33. The molecule has 0 N–H and O–H groups in total. The topological polar surface area (TPSA) is 35.5 Å². The smallest absolute Gasteiger partial charge is 0.347 e. The zero-order chi connectivity index (χ0) is 11.3. The van der Waals surface area contributed by atoms with Crippen LogP contribution in [-0.4, -0.2) is 19.2 Å². The maximum atomic E-state index is 11.3. The second-order valence-electron chi connectivity index (χ2n) is 2.97. The summed E-state index contributed by atoms with van der Waals surface area (Å²) >= 11 is 5.90. The molecule has 1 aromatic carbocycles. The molecule has 0 bridgehead atoms. The Labute approximate surface area is 93.9 Å². The summed E-state index contributed by atoms with van der Waals surface area (Å²) in [6, 6.07) is 7.02. The van der Waals surface area contributed by atoms with E-state index in [-0.39, 0.29) is 0 Å². The lowest BCUT2D eigenvalue weighted by Crippen LogP contribution is -2.27. The van der Waals surface area contributed by atoms with Crippen molar-refractivity contribution in [2.45, 2.75) is 19.4 Å². The minimum absolute atomic E-state index is 0.391. The number of hydrogen-bond donors (Lipinski definition) is 0. The average Bonchev–Trinajstić information content (AvgIpc) is 2.27. The first kappa shape index (κ1) is 11.9. The molecule has 0 spiro atoms. The molecule has 0 aliphatic heterocycles. The summed E-state index contributed by atoms with van der Waals surface area (Å²) in [6.45, 7) is 1.85. The van der Waals surface area contributed by atoms with Gasteiger partial charge in [-0.05, 0) is 18.6 Å². The van der Waals surface area contributed by atoms with Crippen LogP contribution in [0, 0.1) is 0 Å². The highest BCUT2D eigenvalue weighted by Gasteiger charge is 2.19. The van der Waals surface area contributed by atoms with Crippen molar-refractivity contribution in [2.75, 3.05) is 7.11 Å². The van der Waals surface area contributed by atoms with E-state index in [0.717, 1.165) is 0 Å². The van der Waals surface area contributed by atoms with Gasteiger partial charge in [0.05, 0.1) is 12.1 Å². The quantitative estimate of drug-likeness (QED) is 0.744. The average molecular weight is 229 g/mol. The van der Waals surface area contributed by atoms with Crippen LogP contribution in [0.25, 0.3) is 0 Å². The lowest BCUT2D eigenvalue weighted by Gasteiger charge is -2.15. The third-order valence-corrected chi connectivity index (χ3v) is 2.25. The summed E-state index contributed by atoms with van der Waals surface area (Å²) in [4.78, 5) is 11.3. The second kappa shape index (κ2) is 5.61. The van der Waals surface area contributed by atoms with Crippen LogP contribution in [0.3, 0.4) is 0 Å². The number of hydrogen-bond acceptors (Lipinski definition) is 3. The summed E-state index contributed by atoms with van der Waals surface area (Å²) in [5.41, 5.74) is 0. The van der Waals surface area contributed by atoms with Crippen LogP contribution in [-0.2, 0) is 9.53 Å². The van der Waals surface area contributed by atoms with Crippen LogP contribution in [0.1, 0.15) is 13.3 Å². The van der Waals surface area contributed by atoms with E-state index in [4.69, 9.17) is 16.3 Å². The molecule has 1 atom stereocenters. The largest absolute Gasteiger partial charge is 0.477 e. The number of methoxy groups -OCH3 is 1. The molecule has 3 nitrogen and oxygen atoms in total. The Hall–Kier alpha value is -1.22. The first-order valence-corrected chi connectivity index (χ1v) is 5.05. The number of carbonyl (C=O) groups is 1. The SMILES string of the molecule is CCC(Oc1ccccc1Cl)C(=O)OC. The fourth-order valence-corrected chi connectivity index (χ4v) is 1.30. The third-order valence-electron chi connectivity index (χ3n) is 1.94. The van der Waals surface area contributed by atoms with Crippen molar-refractivity contribution in [2.24, 2.45) is 0 Å². The van der Waals surface area contributed by atoms with Gasteiger partial charge < -0.3 is 9.47 Å². The van der Waals surface area contributed by atoms with E-state index < -0.39 is 12.1 Å². The number of carbonyl (C=O) groups excluding carboxylic acids is 1. The summed E-state index contributed by atoms with van der Waals surface area (Å²) < 4.78 is 10.0. The number of ether oxygens (including phenoxy) is 2. The minimum atomic E-state index is -0.602. The van der Waals surface area contributed by atoms with Crippen molar-refractivity contribution in [3.63, 3.8) is 0 Å². The maximum Gasteiger partial charge on any atom is 0.347 e. The number of para-hydroxylation sites is 1. The molecule has 82 valence electrons. The van der Waals surface area contributed by atoms with E-state index in [1.54, 1.807) is 24.3 Å². The van der Waals surface area contributed by atoms with E-state index in [1.807, 2.05) is 6.92 Å². The molecule has 15 heavy (non-hydrogen) atoms. The van der Waals surface area contributed by atoms with Gasteiger partial charge in [-0.2, -0.15) is 0 Å². The van der Waals surface area contributed by atoms with E-state index in [2.05, 4.69) is 4.74 Å². The van der Waals surface area contributed by atoms with Crippen LogP contribution >= 0.6 is 11.6 Å². The molecule has 1 aromatic rings. The maximum absolute atomic E-state index is 11.3. The molecule has 1 unspecified atom stereocenters. The van der Waals surface area contributed by atoms with Gasteiger partial charge in [-0.25, -0.2) is 4.79 Å². The second-order valence-corrected chi connectivity index (χ2v) is 3.38. The molecule has 0 aliphatic carbocycles. The van der Waals surface area contributed by atoms with E-state index in [9.17, 15) is 4.79 Å². The lowest BCUT2D eigenvalue weighted by molar-refractivity contribution is -0.148. The standard InChI is InChI=1S/C11H13ClO3/c1-3-9(11(13)14-2)15-10-7-5-4-6-8(10)12/h4-7,9H,3H2,1-2H3. The molecule has 0 fully saturated rings. The fourth-order valence-electron chi connectivity index (χ4n) is 1.12. The minimum Gasteiger partial charge on any atom is -0.477 e. The van der Waals surface area contributed by atoms with Crippen LogP contribution in [0.15, 0.2) is 24.3 Å². The van der Waals surface area contributed by atoms with Crippen molar-refractivity contribution in [1.29, 1.82) is 0 Å². The highest BCUT2D eigenvalue weighted by atomic mass is 35.5. The molecule has 4 heteroatoms. The predicted molar refractivity (Wildman–Crippen MR) is 58.2 cm³/mol. The first-order chi connectivity index (χ1) is 7.19. The van der Waals surface area contributed by atoms with Gasteiger partial charge in [0, 0.05) is 0 Å². The van der Waals surface area contributed by atoms with Crippen molar-refractivity contribution >= 4 is 17.6 Å². The zero-order valence-corrected chi connectivity index (χ0v) is 9.45. The molecule has 0 saturated carbocycles. The van der Waals surface area contributed by atoms with Crippen LogP contribution in [0.5, 0.6) is 5.75 Å². The zero-order valence-electron chi connectivity index (χ0n) is 8.70. The Balaban J connectivity index is 2.75. The van der Waals surface area contributed by atoms with Gasteiger partial charge >= 0.3 is 5.97 Å². The number of benzene rings is 1. The van der Waals surface area contributed by atoms with Gasteiger partial charge in [0.1, 0.15) is 5.75 Å². The van der Waals surface area contributed by atoms with Gasteiger partial charge in [-0.15, -0.1) is 0 Å². The Kier molecular flexibility index (Phi) is 4.43. The van der Waals surface area contributed by atoms with Crippen molar-refractivity contribution in [3.05, 3.63) is 29.3 Å². The molecular formula is C11H13ClO3. The summed E-state index contributed by atoms with van der Waals surface area (Å²) in [5.74, 6) is 0.105. The summed E-state index contributed by atoms with van der Waals surface area (Å²) in [6.07, 6.45) is -0.0624. The Morgan fingerprint density at radius 2 is 2.13 bits per heavy atom. The van der Waals surface area contributed by atoms with E-state index in [1.165, 1.54) is 7.11 Å². The van der Waals surface area contributed by atoms with E-state index >= 15 is 0 Å². The van der Waals surface area contributed by atoms with Crippen molar-refractivity contribution < 1.29 is 14.3 Å². The van der Waals surface area contributed by atoms with Gasteiger partial charge in [0.25, 0.3) is 0 Å². The number of halogens is 1. The van der Waals surface area contributed by atoms with Crippen LogP contribution < -0.4 is 4.74 Å². The molecule has 0 radical (unpaired) electrons. The predicted octanol–water partition coefficient (Wildman–Crippen LogP) is 2.67. The highest BCUT2D eigenvalue weighted by molar-refractivity contribution is 6.32. The molecule has 0 amide bonds. The van der Waals surface area contributed by atoms with Gasteiger partial charge in [-0.1, -0.05) is 30.7 Å². The van der Waals surface area contributed by atoms with E-state index in [0.29, 0.717) is 17.2 Å². The van der Waals surface area contributed by atoms with Gasteiger partial charge in [-0.3, -0.25) is 0 Å². The van der Waals surface area contributed by atoms with Crippen LogP contribution in [0.4, 0.5) is 0 Å². The van der Waals surface area contributed by atoms with Crippen LogP contribution in [0.2, 0.25) is 5.02 Å². The summed E-state index contributed by atoms with van der Waals surface area (Å²) in [5, 5.41) is 0.486. The number of esters is 1. The van der Waals surface area contributed by atoms with Gasteiger partial charge in [0.15, 0.2) is 6.10 Å². The van der Waals surface area contributed by atoms with Gasteiger partial charge in [0.2, 0.25) is 0 Å². The molecule has 0 heterocycles.